The Bertz CT molecular complexity index is 875. The van der Waals surface area contributed by atoms with Gasteiger partial charge in [0.2, 0.25) is 11.1 Å². The van der Waals surface area contributed by atoms with Gasteiger partial charge >= 0.3 is 0 Å². The van der Waals surface area contributed by atoms with Gasteiger partial charge in [0.05, 0.1) is 5.69 Å². The lowest BCUT2D eigenvalue weighted by molar-refractivity contribution is -0.130. The molecule has 3 rings (SSSR count). The van der Waals surface area contributed by atoms with Crippen LogP contribution in [0.3, 0.4) is 0 Å². The van der Waals surface area contributed by atoms with Gasteiger partial charge in [-0.3, -0.25) is 4.79 Å². The number of thioether (sulfide) groups is 1. The zero-order chi connectivity index (χ0) is 19.2. The number of rotatable bonds is 7. The molecule has 0 bridgehead atoms. The highest BCUT2D eigenvalue weighted by Gasteiger charge is 2.28. The molecule has 0 saturated carbocycles. The van der Waals surface area contributed by atoms with E-state index < -0.39 is 5.25 Å². The van der Waals surface area contributed by atoms with E-state index >= 15 is 0 Å². The lowest BCUT2D eigenvalue weighted by atomic mass is 10.1. The van der Waals surface area contributed by atoms with Crippen molar-refractivity contribution in [3.8, 4) is 5.69 Å². The molecule has 0 saturated heterocycles. The van der Waals surface area contributed by atoms with Crippen molar-refractivity contribution in [3.63, 3.8) is 0 Å². The predicted molar refractivity (Wildman–Crippen MR) is 107 cm³/mol. The molecule has 140 valence electrons. The molecule has 1 aromatic heterocycles. The van der Waals surface area contributed by atoms with Crippen LogP contribution in [0.15, 0.2) is 59.8 Å². The molecule has 2 aromatic carbocycles. The minimum Gasteiger partial charge on any atom is -0.342 e. The van der Waals surface area contributed by atoms with Gasteiger partial charge in [-0.15, -0.1) is 5.10 Å². The summed E-state index contributed by atoms with van der Waals surface area (Å²) >= 11 is 1.38. The van der Waals surface area contributed by atoms with Crippen LogP contribution in [0.5, 0.6) is 0 Å². The number of nitrogens with zero attached hydrogens (tertiary/aromatic N) is 5. The number of carbonyl (C=O) groups is 1. The van der Waals surface area contributed by atoms with E-state index in [-0.39, 0.29) is 5.91 Å². The van der Waals surface area contributed by atoms with Crippen LogP contribution in [0.4, 0.5) is 0 Å². The Morgan fingerprint density at radius 2 is 1.74 bits per heavy atom. The first-order valence-corrected chi connectivity index (χ1v) is 9.87. The third-order valence-electron chi connectivity index (χ3n) is 4.34. The first-order valence-electron chi connectivity index (χ1n) is 8.99. The Morgan fingerprint density at radius 1 is 1.07 bits per heavy atom. The lowest BCUT2D eigenvalue weighted by Gasteiger charge is -2.24. The summed E-state index contributed by atoms with van der Waals surface area (Å²) < 4.78 is 1.68. The van der Waals surface area contributed by atoms with E-state index in [4.69, 9.17) is 0 Å². The number of likely N-dealkylation sites (N-methyl/N-ethyl adjacent to an activating group) is 1. The maximum Gasteiger partial charge on any atom is 0.240 e. The van der Waals surface area contributed by atoms with E-state index in [0.717, 1.165) is 11.3 Å². The summed E-state index contributed by atoms with van der Waals surface area (Å²) in [6.45, 7) is 7.35. The molecule has 0 N–H and O–H groups in total. The minimum atomic E-state index is -0.402. The smallest absolute Gasteiger partial charge is 0.240 e. The van der Waals surface area contributed by atoms with Crippen molar-refractivity contribution in [2.24, 2.45) is 0 Å². The highest BCUT2D eigenvalue weighted by molar-refractivity contribution is 8.00. The van der Waals surface area contributed by atoms with E-state index in [1.807, 2.05) is 80.3 Å². The van der Waals surface area contributed by atoms with Crippen LogP contribution in [-0.2, 0) is 4.79 Å². The largest absolute Gasteiger partial charge is 0.342 e. The quantitative estimate of drug-likeness (QED) is 0.584. The fourth-order valence-electron chi connectivity index (χ4n) is 2.80. The second-order valence-corrected chi connectivity index (χ2v) is 7.20. The maximum absolute atomic E-state index is 13.2. The number of aryl methyl sites for hydroxylation is 1. The predicted octanol–water partition coefficient (Wildman–Crippen LogP) is 3.67. The van der Waals surface area contributed by atoms with Crippen molar-refractivity contribution in [1.82, 2.24) is 25.1 Å². The number of hydrogen-bond acceptors (Lipinski definition) is 5. The molecule has 0 radical (unpaired) electrons. The molecule has 1 atom stereocenters. The Labute approximate surface area is 163 Å². The van der Waals surface area contributed by atoms with Crippen LogP contribution in [0.25, 0.3) is 5.69 Å². The Hall–Kier alpha value is -2.67. The molecular formula is C20H23N5OS. The summed E-state index contributed by atoms with van der Waals surface area (Å²) in [5, 5.41) is 12.3. The Morgan fingerprint density at radius 3 is 2.37 bits per heavy atom. The van der Waals surface area contributed by atoms with Crippen molar-refractivity contribution in [2.75, 3.05) is 13.1 Å². The monoisotopic (exact) mass is 381 g/mol. The molecule has 0 spiro atoms. The van der Waals surface area contributed by atoms with Crippen molar-refractivity contribution >= 4 is 17.7 Å². The second kappa shape index (κ2) is 8.81. The molecule has 1 amide bonds. The molecule has 6 nitrogen and oxygen atoms in total. The van der Waals surface area contributed by atoms with E-state index in [9.17, 15) is 4.79 Å². The summed E-state index contributed by atoms with van der Waals surface area (Å²) in [7, 11) is 0. The molecule has 7 heteroatoms. The van der Waals surface area contributed by atoms with E-state index in [1.165, 1.54) is 17.3 Å². The normalized spacial score (nSPS) is 12.0. The fourth-order valence-corrected chi connectivity index (χ4v) is 3.88. The molecule has 3 aromatic rings. The van der Waals surface area contributed by atoms with Crippen LogP contribution in [0.1, 0.15) is 30.2 Å². The van der Waals surface area contributed by atoms with Crippen LogP contribution in [0, 0.1) is 6.92 Å². The highest BCUT2D eigenvalue weighted by Crippen LogP contribution is 2.36. The Balaban J connectivity index is 1.95. The van der Waals surface area contributed by atoms with Crippen LogP contribution < -0.4 is 0 Å². The molecule has 1 unspecified atom stereocenters. The summed E-state index contributed by atoms with van der Waals surface area (Å²) in [6, 6.07) is 17.8. The first-order chi connectivity index (χ1) is 13.1. The number of aromatic nitrogens is 4. The highest BCUT2D eigenvalue weighted by atomic mass is 32.2. The van der Waals surface area contributed by atoms with Crippen molar-refractivity contribution in [1.29, 1.82) is 0 Å². The molecule has 1 heterocycles. The molecule has 0 aliphatic carbocycles. The maximum atomic E-state index is 13.2. The summed E-state index contributed by atoms with van der Waals surface area (Å²) in [5.41, 5.74) is 2.98. The standard InChI is InChI=1S/C20H23N5OS/c1-4-24(5-2)19(26)18(16-9-7-6-8-10-16)27-20-21-22-23-25(20)17-13-11-15(3)12-14-17/h6-14,18H,4-5H2,1-3H3. The fraction of sp³-hybridized carbons (Fsp3) is 0.300. The third-order valence-corrected chi connectivity index (χ3v) is 5.52. The molecule has 27 heavy (non-hydrogen) atoms. The number of tetrazole rings is 1. The first kappa shape index (κ1) is 19.1. The van der Waals surface area contributed by atoms with Gasteiger partial charge in [0.25, 0.3) is 0 Å². The number of carbonyl (C=O) groups excluding carboxylic acids is 1. The van der Waals surface area contributed by atoms with Gasteiger partial charge in [-0.1, -0.05) is 59.8 Å². The number of benzene rings is 2. The van der Waals surface area contributed by atoms with Gasteiger partial charge in [0.15, 0.2) is 0 Å². The van der Waals surface area contributed by atoms with Crippen LogP contribution in [0.2, 0.25) is 0 Å². The zero-order valence-corrected chi connectivity index (χ0v) is 16.6. The van der Waals surface area contributed by atoms with Gasteiger partial charge in [0.1, 0.15) is 5.25 Å². The number of amides is 1. The molecule has 0 aliphatic heterocycles. The Kier molecular flexibility index (Phi) is 6.24. The van der Waals surface area contributed by atoms with Crippen LogP contribution in [-0.4, -0.2) is 44.1 Å². The van der Waals surface area contributed by atoms with Gasteiger partial charge < -0.3 is 4.90 Å². The van der Waals surface area contributed by atoms with E-state index in [0.29, 0.717) is 18.2 Å². The SMILES string of the molecule is CCN(CC)C(=O)C(Sc1nnnn1-c1ccc(C)cc1)c1ccccc1. The second-order valence-electron chi connectivity index (χ2n) is 6.13. The molecule has 0 fully saturated rings. The average molecular weight is 382 g/mol. The third kappa shape index (κ3) is 4.36. The molecular weight excluding hydrogens is 358 g/mol. The molecule has 0 aliphatic rings. The van der Waals surface area contributed by atoms with Crippen molar-refractivity contribution in [3.05, 3.63) is 65.7 Å². The average Bonchev–Trinajstić information content (AvgIpc) is 3.16. The van der Waals surface area contributed by atoms with E-state index in [1.54, 1.807) is 4.68 Å². The van der Waals surface area contributed by atoms with Gasteiger partial charge in [-0.05, 0) is 48.9 Å². The topological polar surface area (TPSA) is 63.9 Å². The summed E-state index contributed by atoms with van der Waals surface area (Å²) in [4.78, 5) is 15.0. The summed E-state index contributed by atoms with van der Waals surface area (Å²) in [5.74, 6) is 0.0645. The summed E-state index contributed by atoms with van der Waals surface area (Å²) in [6.07, 6.45) is 0. The number of hydrogen-bond donors (Lipinski definition) is 0. The van der Waals surface area contributed by atoms with E-state index in [2.05, 4.69) is 15.5 Å². The van der Waals surface area contributed by atoms with Crippen molar-refractivity contribution < 1.29 is 4.79 Å². The zero-order valence-electron chi connectivity index (χ0n) is 15.7. The van der Waals surface area contributed by atoms with Crippen LogP contribution >= 0.6 is 11.8 Å². The lowest BCUT2D eigenvalue weighted by Crippen LogP contribution is -2.34. The minimum absolute atomic E-state index is 0.0645. The van der Waals surface area contributed by atoms with Gasteiger partial charge in [-0.25, -0.2) is 0 Å². The van der Waals surface area contributed by atoms with Gasteiger partial charge in [0, 0.05) is 13.1 Å². The van der Waals surface area contributed by atoms with Gasteiger partial charge in [-0.2, -0.15) is 4.68 Å². The van der Waals surface area contributed by atoms with Crippen molar-refractivity contribution in [2.45, 2.75) is 31.2 Å².